The van der Waals surface area contributed by atoms with Crippen LogP contribution in [0.25, 0.3) is 11.4 Å². The Morgan fingerprint density at radius 1 is 1.43 bits per heavy atom. The third-order valence-corrected chi connectivity index (χ3v) is 4.00. The van der Waals surface area contributed by atoms with Crippen molar-refractivity contribution in [2.45, 2.75) is 19.9 Å². The number of aliphatic hydroxyl groups excluding tert-OH is 1. The van der Waals surface area contributed by atoms with Gasteiger partial charge in [-0.05, 0) is 13.3 Å². The molecule has 2 N–H and O–H groups in total. The van der Waals surface area contributed by atoms with Gasteiger partial charge in [-0.3, -0.25) is 0 Å². The fraction of sp³-hybridized carbons (Fsp3) is 0.438. The van der Waals surface area contributed by atoms with Crippen LogP contribution in [-0.2, 0) is 6.54 Å². The summed E-state index contributed by atoms with van der Waals surface area (Å²) in [4.78, 5) is 18.0. The average molecular weight is 316 g/mol. The molecule has 1 aromatic heterocycles. The summed E-state index contributed by atoms with van der Waals surface area (Å²) < 4.78 is 5.17. The van der Waals surface area contributed by atoms with Gasteiger partial charge >= 0.3 is 6.03 Å². The maximum Gasteiger partial charge on any atom is 0.317 e. The molecule has 1 aliphatic rings. The number of urea groups is 1. The molecule has 7 nitrogen and oxygen atoms in total. The zero-order valence-corrected chi connectivity index (χ0v) is 13.0. The second-order valence-electron chi connectivity index (χ2n) is 5.82. The predicted octanol–water partition coefficient (Wildman–Crippen LogP) is 1.57. The van der Waals surface area contributed by atoms with Crippen LogP contribution in [-0.4, -0.2) is 45.9 Å². The summed E-state index contributed by atoms with van der Waals surface area (Å²) in [5, 5.41) is 15.8. The normalized spacial score (nSPS) is 17.5. The Bertz CT molecular complexity index is 668. The maximum absolute atomic E-state index is 12.0. The quantitative estimate of drug-likeness (QED) is 0.893. The molecular formula is C16H20N4O3. The topological polar surface area (TPSA) is 91.5 Å². The van der Waals surface area contributed by atoms with Crippen molar-refractivity contribution in [1.29, 1.82) is 0 Å². The Morgan fingerprint density at radius 3 is 2.91 bits per heavy atom. The van der Waals surface area contributed by atoms with Gasteiger partial charge in [0, 0.05) is 31.2 Å². The first-order chi connectivity index (χ1) is 11.2. The summed E-state index contributed by atoms with van der Waals surface area (Å²) in [6, 6.07) is 7.66. The molecule has 122 valence electrons. The van der Waals surface area contributed by atoms with Crippen molar-refractivity contribution < 1.29 is 14.4 Å². The summed E-state index contributed by atoms with van der Waals surface area (Å²) in [5.41, 5.74) is 2.04. The van der Waals surface area contributed by atoms with Crippen molar-refractivity contribution >= 4 is 6.03 Å². The van der Waals surface area contributed by atoms with E-state index in [2.05, 4.69) is 15.5 Å². The number of rotatable bonds is 4. The van der Waals surface area contributed by atoms with Crippen LogP contribution in [0.3, 0.4) is 0 Å². The Hall–Kier alpha value is -2.41. The molecule has 1 atom stereocenters. The van der Waals surface area contributed by atoms with Gasteiger partial charge in [0.2, 0.25) is 11.7 Å². The number of aliphatic hydroxyl groups is 1. The number of likely N-dealkylation sites (tertiary alicyclic amines) is 1. The van der Waals surface area contributed by atoms with Gasteiger partial charge in [-0.15, -0.1) is 0 Å². The van der Waals surface area contributed by atoms with E-state index in [0.29, 0.717) is 24.8 Å². The minimum absolute atomic E-state index is 0.118. The molecule has 1 unspecified atom stereocenters. The van der Waals surface area contributed by atoms with E-state index >= 15 is 0 Å². The number of nitrogens with zero attached hydrogens (tertiary/aromatic N) is 3. The number of carbonyl (C=O) groups excluding carboxylic acids is 1. The zero-order valence-electron chi connectivity index (χ0n) is 13.0. The number of amides is 2. The number of carbonyl (C=O) groups is 1. The van der Waals surface area contributed by atoms with E-state index in [1.807, 2.05) is 31.2 Å². The van der Waals surface area contributed by atoms with Gasteiger partial charge in [-0.25, -0.2) is 4.79 Å². The summed E-state index contributed by atoms with van der Waals surface area (Å²) in [6.45, 7) is 3.57. The number of hydrogen-bond donors (Lipinski definition) is 2. The Kier molecular flexibility index (Phi) is 4.57. The molecule has 1 saturated heterocycles. The molecule has 1 aliphatic heterocycles. The summed E-state index contributed by atoms with van der Waals surface area (Å²) in [7, 11) is 0. The SMILES string of the molecule is Cc1ccc(-c2noc(CNC(=O)N3CCC(CO)C3)n2)cc1. The van der Waals surface area contributed by atoms with Gasteiger partial charge < -0.3 is 19.8 Å². The van der Waals surface area contributed by atoms with Crippen LogP contribution < -0.4 is 5.32 Å². The molecule has 0 spiro atoms. The van der Waals surface area contributed by atoms with Crippen LogP contribution in [0, 0.1) is 12.8 Å². The predicted molar refractivity (Wildman–Crippen MR) is 83.5 cm³/mol. The lowest BCUT2D eigenvalue weighted by molar-refractivity contribution is 0.196. The van der Waals surface area contributed by atoms with Crippen molar-refractivity contribution in [2.75, 3.05) is 19.7 Å². The maximum atomic E-state index is 12.0. The second kappa shape index (κ2) is 6.78. The molecule has 0 aliphatic carbocycles. The van der Waals surface area contributed by atoms with Gasteiger partial charge in [0.25, 0.3) is 0 Å². The first-order valence-corrected chi connectivity index (χ1v) is 7.69. The van der Waals surface area contributed by atoms with Gasteiger partial charge in [-0.2, -0.15) is 4.98 Å². The molecule has 2 aromatic rings. The van der Waals surface area contributed by atoms with Crippen LogP contribution >= 0.6 is 0 Å². The van der Waals surface area contributed by atoms with Crippen molar-refractivity contribution in [3.8, 4) is 11.4 Å². The van der Waals surface area contributed by atoms with Gasteiger partial charge in [0.05, 0.1) is 6.54 Å². The third kappa shape index (κ3) is 3.68. The lowest BCUT2D eigenvalue weighted by Gasteiger charge is -2.16. The van der Waals surface area contributed by atoms with E-state index in [-0.39, 0.29) is 25.1 Å². The molecule has 1 aromatic carbocycles. The van der Waals surface area contributed by atoms with E-state index < -0.39 is 0 Å². The van der Waals surface area contributed by atoms with Crippen LogP contribution in [0.4, 0.5) is 4.79 Å². The molecular weight excluding hydrogens is 296 g/mol. The first-order valence-electron chi connectivity index (χ1n) is 7.69. The molecule has 0 bridgehead atoms. The fourth-order valence-electron chi connectivity index (χ4n) is 2.58. The smallest absolute Gasteiger partial charge is 0.317 e. The van der Waals surface area contributed by atoms with Gasteiger partial charge in [0.1, 0.15) is 0 Å². The Balaban J connectivity index is 1.55. The second-order valence-corrected chi connectivity index (χ2v) is 5.82. The number of benzene rings is 1. The lowest BCUT2D eigenvalue weighted by Crippen LogP contribution is -2.38. The number of hydrogen-bond acceptors (Lipinski definition) is 5. The molecule has 23 heavy (non-hydrogen) atoms. The fourth-order valence-corrected chi connectivity index (χ4v) is 2.58. The molecule has 2 heterocycles. The lowest BCUT2D eigenvalue weighted by atomic mass is 10.1. The van der Waals surface area contributed by atoms with E-state index in [1.54, 1.807) is 4.90 Å². The monoisotopic (exact) mass is 316 g/mol. The van der Waals surface area contributed by atoms with Crippen LogP contribution in [0.2, 0.25) is 0 Å². The Labute approximate surface area is 134 Å². The third-order valence-electron chi connectivity index (χ3n) is 4.00. The molecule has 2 amide bonds. The highest BCUT2D eigenvalue weighted by atomic mass is 16.5. The summed E-state index contributed by atoms with van der Waals surface area (Å²) in [5.74, 6) is 1.06. The van der Waals surface area contributed by atoms with E-state index in [0.717, 1.165) is 17.5 Å². The van der Waals surface area contributed by atoms with Crippen molar-refractivity contribution in [3.05, 3.63) is 35.7 Å². The Morgan fingerprint density at radius 2 is 2.22 bits per heavy atom. The molecule has 7 heteroatoms. The minimum atomic E-state index is -0.170. The zero-order chi connectivity index (χ0) is 16.2. The molecule has 0 radical (unpaired) electrons. The van der Waals surface area contributed by atoms with Crippen LogP contribution in [0.5, 0.6) is 0 Å². The average Bonchev–Trinajstić information content (AvgIpc) is 3.22. The van der Waals surface area contributed by atoms with Gasteiger partial charge in [0.15, 0.2) is 0 Å². The number of aromatic nitrogens is 2. The summed E-state index contributed by atoms with van der Waals surface area (Å²) >= 11 is 0. The molecule has 3 rings (SSSR count). The number of aryl methyl sites for hydroxylation is 1. The van der Waals surface area contributed by atoms with Crippen molar-refractivity contribution in [1.82, 2.24) is 20.4 Å². The van der Waals surface area contributed by atoms with Crippen LogP contribution in [0.1, 0.15) is 17.9 Å². The van der Waals surface area contributed by atoms with E-state index in [4.69, 9.17) is 9.63 Å². The van der Waals surface area contributed by atoms with Gasteiger partial charge in [-0.1, -0.05) is 35.0 Å². The standard InChI is InChI=1S/C16H20N4O3/c1-11-2-4-13(5-3-11)15-18-14(23-19-15)8-17-16(22)20-7-6-12(9-20)10-21/h2-5,12,21H,6-10H2,1H3,(H,17,22). The van der Waals surface area contributed by atoms with Crippen LogP contribution in [0.15, 0.2) is 28.8 Å². The van der Waals surface area contributed by atoms with Crippen molar-refractivity contribution in [3.63, 3.8) is 0 Å². The molecule has 0 saturated carbocycles. The largest absolute Gasteiger partial charge is 0.396 e. The highest BCUT2D eigenvalue weighted by Gasteiger charge is 2.25. The van der Waals surface area contributed by atoms with E-state index in [1.165, 1.54) is 0 Å². The first kappa shape index (κ1) is 15.5. The number of nitrogens with one attached hydrogen (secondary N) is 1. The molecule has 1 fully saturated rings. The highest BCUT2D eigenvalue weighted by Crippen LogP contribution is 2.17. The van der Waals surface area contributed by atoms with Crippen molar-refractivity contribution in [2.24, 2.45) is 5.92 Å². The highest BCUT2D eigenvalue weighted by molar-refractivity contribution is 5.74. The minimum Gasteiger partial charge on any atom is -0.396 e. The van der Waals surface area contributed by atoms with E-state index in [9.17, 15) is 4.79 Å². The summed E-state index contributed by atoms with van der Waals surface area (Å²) in [6.07, 6.45) is 0.835.